The fraction of sp³-hybridized carbons (Fsp3) is 0.750. The van der Waals surface area contributed by atoms with Crippen molar-refractivity contribution in [2.75, 3.05) is 20.6 Å². The number of rotatable bonds is 2. The predicted molar refractivity (Wildman–Crippen MR) is 43.9 cm³/mol. The predicted octanol–water partition coefficient (Wildman–Crippen LogP) is 0.814. The van der Waals surface area contributed by atoms with Crippen LogP contribution in [0.15, 0.2) is 12.3 Å². The van der Waals surface area contributed by atoms with E-state index in [9.17, 15) is 0 Å². The lowest BCUT2D eigenvalue weighted by Gasteiger charge is -2.21. The van der Waals surface area contributed by atoms with Crippen molar-refractivity contribution in [1.29, 1.82) is 0 Å². The van der Waals surface area contributed by atoms with Crippen molar-refractivity contribution in [2.24, 2.45) is 0 Å². The highest BCUT2D eigenvalue weighted by Gasteiger charge is 2.17. The number of hydrogen-bond acceptors (Lipinski definition) is 2. The highest BCUT2D eigenvalue weighted by Crippen LogP contribution is 2.13. The normalized spacial score (nSPS) is 24.8. The van der Waals surface area contributed by atoms with Crippen LogP contribution in [0.4, 0.5) is 0 Å². The molecular formula is C8H16N2. The quantitative estimate of drug-likeness (QED) is 0.610. The SMILES string of the molecule is C=C([C@@H]1CCCN1)N(C)C. The third-order valence-corrected chi connectivity index (χ3v) is 2.04. The fourth-order valence-corrected chi connectivity index (χ4v) is 1.28. The van der Waals surface area contributed by atoms with Crippen molar-refractivity contribution in [3.63, 3.8) is 0 Å². The number of hydrogen-bond donors (Lipinski definition) is 1. The molecule has 0 aliphatic carbocycles. The van der Waals surface area contributed by atoms with E-state index in [1.165, 1.54) is 18.5 Å². The van der Waals surface area contributed by atoms with Crippen LogP contribution < -0.4 is 5.32 Å². The third-order valence-electron chi connectivity index (χ3n) is 2.04. The summed E-state index contributed by atoms with van der Waals surface area (Å²) in [7, 11) is 4.09. The van der Waals surface area contributed by atoms with Crippen LogP contribution in [0, 0.1) is 0 Å². The summed E-state index contributed by atoms with van der Waals surface area (Å²) in [5.41, 5.74) is 1.21. The van der Waals surface area contributed by atoms with Gasteiger partial charge in [0, 0.05) is 25.8 Å². The molecule has 1 fully saturated rings. The van der Waals surface area contributed by atoms with Gasteiger partial charge in [0.2, 0.25) is 0 Å². The Kier molecular flexibility index (Phi) is 2.33. The summed E-state index contributed by atoms with van der Waals surface area (Å²) < 4.78 is 0. The lowest BCUT2D eigenvalue weighted by Crippen LogP contribution is -2.30. The second-order valence-electron chi connectivity index (χ2n) is 3.03. The molecule has 10 heavy (non-hydrogen) atoms. The maximum absolute atomic E-state index is 4.00. The van der Waals surface area contributed by atoms with E-state index in [1.54, 1.807) is 0 Å². The van der Waals surface area contributed by atoms with Crippen LogP contribution in [-0.2, 0) is 0 Å². The smallest absolute Gasteiger partial charge is 0.0465 e. The number of nitrogens with one attached hydrogen (secondary N) is 1. The molecule has 1 saturated heterocycles. The van der Waals surface area contributed by atoms with Crippen LogP contribution in [-0.4, -0.2) is 31.6 Å². The Bertz CT molecular complexity index is 123. The van der Waals surface area contributed by atoms with E-state index >= 15 is 0 Å². The molecule has 0 radical (unpaired) electrons. The molecule has 58 valence electrons. The van der Waals surface area contributed by atoms with Crippen LogP contribution in [0.25, 0.3) is 0 Å². The molecular weight excluding hydrogens is 124 g/mol. The standard InChI is InChI=1S/C8H16N2/c1-7(10(2)3)8-5-4-6-9-8/h8-9H,1,4-6H2,2-3H3/t8-/m0/s1. The second-order valence-corrected chi connectivity index (χ2v) is 3.03. The molecule has 0 saturated carbocycles. The summed E-state index contributed by atoms with van der Waals surface area (Å²) in [6.07, 6.45) is 2.54. The Hall–Kier alpha value is -0.500. The maximum Gasteiger partial charge on any atom is 0.0465 e. The van der Waals surface area contributed by atoms with Crippen LogP contribution in [0.1, 0.15) is 12.8 Å². The van der Waals surface area contributed by atoms with E-state index in [-0.39, 0.29) is 0 Å². The van der Waals surface area contributed by atoms with Crippen molar-refractivity contribution in [3.05, 3.63) is 12.3 Å². The molecule has 1 aliphatic rings. The number of likely N-dealkylation sites (N-methyl/N-ethyl adjacent to an activating group) is 1. The average molecular weight is 140 g/mol. The minimum absolute atomic E-state index is 0.537. The van der Waals surface area contributed by atoms with Gasteiger partial charge >= 0.3 is 0 Å². The molecule has 2 nitrogen and oxygen atoms in total. The van der Waals surface area contributed by atoms with Crippen molar-refractivity contribution in [2.45, 2.75) is 18.9 Å². The largest absolute Gasteiger partial charge is 0.380 e. The van der Waals surface area contributed by atoms with Crippen molar-refractivity contribution in [3.8, 4) is 0 Å². The van der Waals surface area contributed by atoms with Gasteiger partial charge in [-0.2, -0.15) is 0 Å². The molecule has 1 aliphatic heterocycles. The highest BCUT2D eigenvalue weighted by molar-refractivity contribution is 5.04. The summed E-state index contributed by atoms with van der Waals surface area (Å²) in [6.45, 7) is 5.15. The molecule has 0 aromatic rings. The fourth-order valence-electron chi connectivity index (χ4n) is 1.28. The zero-order chi connectivity index (χ0) is 7.56. The second kappa shape index (κ2) is 3.06. The Morgan fingerprint density at radius 2 is 2.30 bits per heavy atom. The monoisotopic (exact) mass is 140 g/mol. The Morgan fingerprint density at radius 1 is 1.60 bits per heavy atom. The summed E-state index contributed by atoms with van der Waals surface area (Å²) in [5.74, 6) is 0. The van der Waals surface area contributed by atoms with Gasteiger partial charge in [0.05, 0.1) is 0 Å². The van der Waals surface area contributed by atoms with Gasteiger partial charge in [0.1, 0.15) is 0 Å². The molecule has 1 atom stereocenters. The third kappa shape index (κ3) is 1.51. The van der Waals surface area contributed by atoms with E-state index in [0.717, 1.165) is 6.54 Å². The summed E-state index contributed by atoms with van der Waals surface area (Å²) >= 11 is 0. The molecule has 0 spiro atoms. The van der Waals surface area contributed by atoms with E-state index in [2.05, 4.69) is 16.8 Å². The summed E-state index contributed by atoms with van der Waals surface area (Å²) in [4.78, 5) is 2.09. The molecule has 1 rings (SSSR count). The first-order valence-electron chi connectivity index (χ1n) is 3.81. The zero-order valence-electron chi connectivity index (χ0n) is 6.85. The van der Waals surface area contributed by atoms with Gasteiger partial charge in [-0.05, 0) is 19.4 Å². The minimum Gasteiger partial charge on any atom is -0.380 e. The van der Waals surface area contributed by atoms with Crippen molar-refractivity contribution < 1.29 is 0 Å². The van der Waals surface area contributed by atoms with Gasteiger partial charge in [0.15, 0.2) is 0 Å². The molecule has 0 amide bonds. The van der Waals surface area contributed by atoms with E-state index < -0.39 is 0 Å². The summed E-state index contributed by atoms with van der Waals surface area (Å²) in [6, 6.07) is 0.537. The van der Waals surface area contributed by atoms with Crippen LogP contribution >= 0.6 is 0 Å². The van der Waals surface area contributed by atoms with Crippen molar-refractivity contribution in [1.82, 2.24) is 10.2 Å². The first kappa shape index (κ1) is 7.61. The molecule has 1 heterocycles. The lowest BCUT2D eigenvalue weighted by atomic mass is 10.2. The molecule has 1 N–H and O–H groups in total. The maximum atomic E-state index is 4.00. The molecule has 0 aromatic heterocycles. The molecule has 0 unspecified atom stereocenters. The first-order valence-corrected chi connectivity index (χ1v) is 3.81. The average Bonchev–Trinajstić information content (AvgIpc) is 2.36. The van der Waals surface area contributed by atoms with Crippen LogP contribution in [0.2, 0.25) is 0 Å². The lowest BCUT2D eigenvalue weighted by molar-refractivity contribution is 0.448. The molecule has 0 aromatic carbocycles. The Labute approximate surface area is 62.9 Å². The first-order chi connectivity index (χ1) is 4.72. The van der Waals surface area contributed by atoms with Gasteiger partial charge in [-0.1, -0.05) is 6.58 Å². The highest BCUT2D eigenvalue weighted by atomic mass is 15.1. The minimum atomic E-state index is 0.537. The van der Waals surface area contributed by atoms with E-state index in [0.29, 0.717) is 6.04 Å². The Morgan fingerprint density at radius 3 is 2.70 bits per heavy atom. The van der Waals surface area contributed by atoms with E-state index in [1.807, 2.05) is 14.1 Å². The Balaban J connectivity index is 2.40. The van der Waals surface area contributed by atoms with Gasteiger partial charge in [0.25, 0.3) is 0 Å². The number of nitrogens with zero attached hydrogens (tertiary/aromatic N) is 1. The van der Waals surface area contributed by atoms with Gasteiger partial charge in [-0.15, -0.1) is 0 Å². The zero-order valence-corrected chi connectivity index (χ0v) is 6.85. The van der Waals surface area contributed by atoms with Gasteiger partial charge in [-0.25, -0.2) is 0 Å². The van der Waals surface area contributed by atoms with Gasteiger partial charge in [-0.3, -0.25) is 0 Å². The molecule has 0 bridgehead atoms. The van der Waals surface area contributed by atoms with Crippen LogP contribution in [0.5, 0.6) is 0 Å². The summed E-state index contributed by atoms with van der Waals surface area (Å²) in [5, 5.41) is 3.40. The van der Waals surface area contributed by atoms with E-state index in [4.69, 9.17) is 0 Å². The van der Waals surface area contributed by atoms with Crippen molar-refractivity contribution >= 4 is 0 Å². The molecule has 2 heteroatoms. The van der Waals surface area contributed by atoms with Crippen LogP contribution in [0.3, 0.4) is 0 Å². The van der Waals surface area contributed by atoms with Gasteiger partial charge < -0.3 is 10.2 Å². The topological polar surface area (TPSA) is 15.3 Å².